The third-order valence-corrected chi connectivity index (χ3v) is 8.84. The molecular formula is C37H48N4O5. The number of para-hydroxylation sites is 2. The third-order valence-electron chi connectivity index (χ3n) is 8.84. The van der Waals surface area contributed by atoms with E-state index in [9.17, 15) is 9.59 Å². The molecule has 1 saturated heterocycles. The zero-order chi connectivity index (χ0) is 32.5. The van der Waals surface area contributed by atoms with E-state index < -0.39 is 0 Å². The Morgan fingerprint density at radius 1 is 0.826 bits per heavy atom. The average Bonchev–Trinajstić information content (AvgIpc) is 3.83. The molecule has 2 fully saturated rings. The first-order valence-corrected chi connectivity index (χ1v) is 16.4. The van der Waals surface area contributed by atoms with E-state index in [-0.39, 0.29) is 35.9 Å². The normalized spacial score (nSPS) is 17.5. The number of nitrogens with one attached hydrogen (secondary N) is 1. The van der Waals surface area contributed by atoms with E-state index in [1.807, 2.05) is 70.5 Å². The van der Waals surface area contributed by atoms with Crippen LogP contribution in [0.4, 0.5) is 16.2 Å². The number of rotatable bonds is 15. The minimum atomic E-state index is -0.0421. The van der Waals surface area contributed by atoms with Gasteiger partial charge in [0, 0.05) is 64.0 Å². The highest BCUT2D eigenvalue weighted by molar-refractivity contribution is 5.99. The lowest BCUT2D eigenvalue weighted by Crippen LogP contribution is -2.47. The van der Waals surface area contributed by atoms with Crippen LogP contribution in [0.15, 0.2) is 78.9 Å². The minimum absolute atomic E-state index is 0.00129. The molecule has 1 heterocycles. The highest BCUT2D eigenvalue weighted by Crippen LogP contribution is 2.35. The van der Waals surface area contributed by atoms with Gasteiger partial charge in [0.2, 0.25) is 0 Å². The van der Waals surface area contributed by atoms with Gasteiger partial charge in [0.15, 0.2) is 11.5 Å². The minimum Gasteiger partial charge on any atom is -0.493 e. The highest BCUT2D eigenvalue weighted by atomic mass is 16.5. The molecule has 1 aliphatic carbocycles. The summed E-state index contributed by atoms with van der Waals surface area (Å²) in [5.74, 6) is 1.51. The molecule has 2 unspecified atom stereocenters. The molecule has 0 spiro atoms. The molecule has 3 amide bonds. The van der Waals surface area contributed by atoms with Gasteiger partial charge in [-0.1, -0.05) is 36.4 Å². The number of benzene rings is 3. The van der Waals surface area contributed by atoms with Gasteiger partial charge in [-0.2, -0.15) is 0 Å². The SMILES string of the molecule is COCCCOc1cc(C(=O)N(CC2CNCC2CN(C(=O)N(c2ccccc2)c2ccccc2)C2CC2)C(C)C)ccc1OC. The van der Waals surface area contributed by atoms with Crippen molar-refractivity contribution >= 4 is 23.3 Å². The Hall–Kier alpha value is -4.08. The van der Waals surface area contributed by atoms with Gasteiger partial charge in [-0.15, -0.1) is 0 Å². The first kappa shape index (κ1) is 33.3. The Bertz CT molecular complexity index is 1380. The van der Waals surface area contributed by atoms with Gasteiger partial charge in [-0.25, -0.2) is 4.79 Å². The summed E-state index contributed by atoms with van der Waals surface area (Å²) in [6, 6.07) is 25.3. The summed E-state index contributed by atoms with van der Waals surface area (Å²) in [6.45, 7) is 8.01. The molecule has 9 nitrogen and oxygen atoms in total. The maximum atomic E-state index is 14.4. The Balaban J connectivity index is 1.32. The monoisotopic (exact) mass is 628 g/mol. The second-order valence-electron chi connectivity index (χ2n) is 12.5. The summed E-state index contributed by atoms with van der Waals surface area (Å²) >= 11 is 0. The molecule has 1 N–H and O–H groups in total. The molecule has 5 rings (SSSR count). The van der Waals surface area contributed by atoms with Crippen LogP contribution in [0.5, 0.6) is 11.5 Å². The molecule has 3 aromatic carbocycles. The topological polar surface area (TPSA) is 83.6 Å². The molecular weight excluding hydrogens is 580 g/mol. The number of carbonyl (C=O) groups excluding carboxylic acids is 2. The van der Waals surface area contributed by atoms with Crippen molar-refractivity contribution in [3.63, 3.8) is 0 Å². The van der Waals surface area contributed by atoms with Crippen molar-refractivity contribution in [1.29, 1.82) is 0 Å². The summed E-state index contributed by atoms with van der Waals surface area (Å²) in [4.78, 5) is 34.2. The highest BCUT2D eigenvalue weighted by Gasteiger charge is 2.40. The van der Waals surface area contributed by atoms with Gasteiger partial charge < -0.3 is 29.3 Å². The van der Waals surface area contributed by atoms with Crippen molar-refractivity contribution in [3.8, 4) is 11.5 Å². The van der Waals surface area contributed by atoms with Crippen LogP contribution >= 0.6 is 0 Å². The maximum Gasteiger partial charge on any atom is 0.329 e. The molecule has 2 atom stereocenters. The first-order valence-electron chi connectivity index (χ1n) is 16.4. The quantitative estimate of drug-likeness (QED) is 0.201. The molecule has 1 aliphatic heterocycles. The van der Waals surface area contributed by atoms with Crippen LogP contribution in [0.1, 0.15) is 43.5 Å². The summed E-state index contributed by atoms with van der Waals surface area (Å²) in [5, 5.41) is 3.56. The molecule has 0 radical (unpaired) electrons. The second kappa shape index (κ2) is 16.0. The van der Waals surface area contributed by atoms with Crippen LogP contribution in [0.25, 0.3) is 0 Å². The lowest BCUT2D eigenvalue weighted by molar-refractivity contribution is 0.0653. The molecule has 9 heteroatoms. The van der Waals surface area contributed by atoms with Crippen molar-refractivity contribution in [2.24, 2.45) is 11.8 Å². The largest absolute Gasteiger partial charge is 0.493 e. The van der Waals surface area contributed by atoms with Crippen molar-refractivity contribution in [3.05, 3.63) is 84.4 Å². The average molecular weight is 629 g/mol. The second-order valence-corrected chi connectivity index (χ2v) is 12.5. The number of methoxy groups -OCH3 is 2. The number of hydrogen-bond donors (Lipinski definition) is 1. The number of anilines is 2. The number of ether oxygens (including phenoxy) is 3. The summed E-state index contributed by atoms with van der Waals surface area (Å²) < 4.78 is 16.6. The number of nitrogens with zero attached hydrogens (tertiary/aromatic N) is 3. The Morgan fingerprint density at radius 2 is 1.46 bits per heavy atom. The van der Waals surface area contributed by atoms with Gasteiger partial charge >= 0.3 is 6.03 Å². The summed E-state index contributed by atoms with van der Waals surface area (Å²) in [5.41, 5.74) is 2.27. The standard InChI is InChI=1S/C37H48N4O5/c1-27(2)39(36(42)28-16-19-34(45-4)35(22-28)46-21-11-20-44-3)25-29-23-38-24-30(29)26-40(31-17-18-31)37(43)41(32-12-7-5-8-13-32)33-14-9-6-10-15-33/h5-10,12-16,19,22,27,29-31,38H,11,17-18,20-21,23-26H2,1-4H3. The number of hydrogen-bond acceptors (Lipinski definition) is 6. The van der Waals surface area contributed by atoms with Crippen molar-refractivity contribution < 1.29 is 23.8 Å². The fraction of sp³-hybridized carbons (Fsp3) is 0.459. The van der Waals surface area contributed by atoms with Crippen LogP contribution in [0, 0.1) is 11.8 Å². The van der Waals surface area contributed by atoms with Crippen LogP contribution in [0.2, 0.25) is 0 Å². The van der Waals surface area contributed by atoms with Crippen molar-refractivity contribution in [2.75, 3.05) is 58.5 Å². The molecule has 0 bridgehead atoms. The van der Waals surface area contributed by atoms with Gasteiger partial charge in [-0.3, -0.25) is 9.69 Å². The van der Waals surface area contributed by atoms with E-state index in [2.05, 4.69) is 24.1 Å². The van der Waals surface area contributed by atoms with Crippen LogP contribution < -0.4 is 19.7 Å². The summed E-state index contributed by atoms with van der Waals surface area (Å²) in [7, 11) is 3.26. The first-order chi connectivity index (χ1) is 22.4. The molecule has 3 aromatic rings. The number of carbonyl (C=O) groups is 2. The van der Waals surface area contributed by atoms with E-state index >= 15 is 0 Å². The Morgan fingerprint density at radius 3 is 2.02 bits per heavy atom. The Kier molecular flexibility index (Phi) is 11.5. The molecule has 1 saturated carbocycles. The van der Waals surface area contributed by atoms with E-state index in [1.54, 1.807) is 32.4 Å². The zero-order valence-corrected chi connectivity index (χ0v) is 27.6. The van der Waals surface area contributed by atoms with Gasteiger partial charge in [0.1, 0.15) is 0 Å². The van der Waals surface area contributed by atoms with Gasteiger partial charge in [0.05, 0.1) is 25.1 Å². The predicted molar refractivity (Wildman–Crippen MR) is 181 cm³/mol. The van der Waals surface area contributed by atoms with Crippen molar-refractivity contribution in [1.82, 2.24) is 15.1 Å². The van der Waals surface area contributed by atoms with Gasteiger partial charge in [0.25, 0.3) is 5.91 Å². The van der Waals surface area contributed by atoms with Crippen LogP contribution in [-0.4, -0.2) is 87.4 Å². The fourth-order valence-corrected chi connectivity index (χ4v) is 6.14. The lowest BCUT2D eigenvalue weighted by atomic mass is 9.94. The smallest absolute Gasteiger partial charge is 0.329 e. The zero-order valence-electron chi connectivity index (χ0n) is 27.6. The molecule has 246 valence electrons. The number of urea groups is 1. The van der Waals surface area contributed by atoms with E-state index in [0.29, 0.717) is 43.4 Å². The number of amides is 3. The van der Waals surface area contributed by atoms with E-state index in [4.69, 9.17) is 14.2 Å². The van der Waals surface area contributed by atoms with Crippen molar-refractivity contribution in [2.45, 2.75) is 45.2 Å². The maximum absolute atomic E-state index is 14.4. The Labute approximate surface area is 273 Å². The van der Waals surface area contributed by atoms with E-state index in [0.717, 1.165) is 43.7 Å². The molecule has 0 aromatic heterocycles. The summed E-state index contributed by atoms with van der Waals surface area (Å²) in [6.07, 6.45) is 2.76. The lowest BCUT2D eigenvalue weighted by Gasteiger charge is -2.35. The van der Waals surface area contributed by atoms with Crippen LogP contribution in [0.3, 0.4) is 0 Å². The van der Waals surface area contributed by atoms with Gasteiger partial charge in [-0.05, 0) is 81.0 Å². The third kappa shape index (κ3) is 8.19. The molecule has 46 heavy (non-hydrogen) atoms. The van der Waals surface area contributed by atoms with E-state index in [1.165, 1.54) is 0 Å². The fourth-order valence-electron chi connectivity index (χ4n) is 6.14. The molecule has 2 aliphatic rings. The van der Waals surface area contributed by atoms with Crippen LogP contribution in [-0.2, 0) is 4.74 Å². The predicted octanol–water partition coefficient (Wildman–Crippen LogP) is 6.22.